The summed E-state index contributed by atoms with van der Waals surface area (Å²) in [6.07, 6.45) is 1.48. The van der Waals surface area contributed by atoms with Crippen LogP contribution in [0.4, 0.5) is 5.69 Å². The van der Waals surface area contributed by atoms with Crippen molar-refractivity contribution in [2.45, 2.75) is 37.6 Å². The van der Waals surface area contributed by atoms with Gasteiger partial charge in [-0.05, 0) is 37.6 Å². The Morgan fingerprint density at radius 2 is 1.80 bits per heavy atom. The molecule has 7 nitrogen and oxygen atoms in total. The molecule has 2 aromatic rings. The summed E-state index contributed by atoms with van der Waals surface area (Å²) in [5, 5.41) is 6.51. The second kappa shape index (κ2) is 10.3. The SMILES string of the molecule is CCN=C(Nc1ccc2c(c1)OCCCO2)NC(CC)CS(=O)(=O)c1ccccc1. The molecule has 0 amide bonds. The molecule has 0 aliphatic carbocycles. The molecule has 1 aliphatic heterocycles. The van der Waals surface area contributed by atoms with Crippen LogP contribution in [0.25, 0.3) is 0 Å². The number of anilines is 1. The summed E-state index contributed by atoms with van der Waals surface area (Å²) >= 11 is 0. The molecule has 0 fully saturated rings. The number of nitrogens with one attached hydrogen (secondary N) is 2. The van der Waals surface area contributed by atoms with Crippen molar-refractivity contribution >= 4 is 21.5 Å². The third kappa shape index (κ3) is 5.89. The number of hydrogen-bond acceptors (Lipinski definition) is 5. The van der Waals surface area contributed by atoms with Crippen LogP contribution >= 0.6 is 0 Å². The Kier molecular flexibility index (Phi) is 7.57. The van der Waals surface area contributed by atoms with Crippen molar-refractivity contribution < 1.29 is 17.9 Å². The molecule has 2 N–H and O–H groups in total. The normalized spacial score (nSPS) is 15.2. The van der Waals surface area contributed by atoms with Crippen LogP contribution in [0.15, 0.2) is 58.4 Å². The van der Waals surface area contributed by atoms with Crippen LogP contribution in [0.1, 0.15) is 26.7 Å². The van der Waals surface area contributed by atoms with Crippen molar-refractivity contribution in [3.63, 3.8) is 0 Å². The molecule has 2 aromatic carbocycles. The van der Waals surface area contributed by atoms with Gasteiger partial charge < -0.3 is 20.1 Å². The third-order valence-electron chi connectivity index (χ3n) is 4.68. The second-order valence-electron chi connectivity index (χ2n) is 7.00. The molecule has 3 rings (SSSR count). The molecular weight excluding hydrogens is 402 g/mol. The zero-order valence-electron chi connectivity index (χ0n) is 17.4. The minimum Gasteiger partial charge on any atom is -0.490 e. The smallest absolute Gasteiger partial charge is 0.196 e. The van der Waals surface area contributed by atoms with Crippen LogP contribution in [0.5, 0.6) is 11.5 Å². The standard InChI is InChI=1S/C22H29N3O4S/c1-3-17(16-30(26,27)19-9-6-5-7-10-19)24-22(23-4-2)25-18-11-12-20-21(15-18)29-14-8-13-28-20/h5-7,9-12,15,17H,3-4,8,13-14,16H2,1-2H3,(H2,23,24,25). The van der Waals surface area contributed by atoms with Gasteiger partial charge in [0.25, 0.3) is 0 Å². The molecule has 0 saturated carbocycles. The monoisotopic (exact) mass is 431 g/mol. The lowest BCUT2D eigenvalue weighted by atomic mass is 10.2. The van der Waals surface area contributed by atoms with Gasteiger partial charge in [-0.2, -0.15) is 0 Å². The summed E-state index contributed by atoms with van der Waals surface area (Å²) < 4.78 is 36.9. The van der Waals surface area contributed by atoms with E-state index in [0.29, 0.717) is 42.8 Å². The molecule has 1 heterocycles. The maximum atomic E-state index is 12.8. The summed E-state index contributed by atoms with van der Waals surface area (Å²) in [6.45, 7) is 5.69. The highest BCUT2D eigenvalue weighted by Crippen LogP contribution is 2.32. The minimum absolute atomic E-state index is 0.0148. The number of rotatable bonds is 7. The lowest BCUT2D eigenvalue weighted by Gasteiger charge is -2.21. The van der Waals surface area contributed by atoms with Crippen molar-refractivity contribution in [1.29, 1.82) is 0 Å². The maximum Gasteiger partial charge on any atom is 0.196 e. The average Bonchev–Trinajstić information content (AvgIpc) is 2.99. The Morgan fingerprint density at radius 3 is 2.50 bits per heavy atom. The summed E-state index contributed by atoms with van der Waals surface area (Å²) in [5.41, 5.74) is 0.791. The van der Waals surface area contributed by atoms with Crippen molar-refractivity contribution in [2.75, 3.05) is 30.8 Å². The summed E-state index contributed by atoms with van der Waals surface area (Å²) in [6, 6.07) is 13.9. The molecule has 162 valence electrons. The number of hydrogen-bond donors (Lipinski definition) is 2. The number of aliphatic imine (C=N–C) groups is 1. The van der Waals surface area contributed by atoms with Gasteiger partial charge >= 0.3 is 0 Å². The van der Waals surface area contributed by atoms with E-state index in [4.69, 9.17) is 9.47 Å². The fraction of sp³-hybridized carbons (Fsp3) is 0.409. The minimum atomic E-state index is -3.40. The van der Waals surface area contributed by atoms with E-state index < -0.39 is 9.84 Å². The Morgan fingerprint density at radius 1 is 1.07 bits per heavy atom. The summed E-state index contributed by atoms with van der Waals surface area (Å²) in [4.78, 5) is 4.80. The highest BCUT2D eigenvalue weighted by Gasteiger charge is 2.21. The van der Waals surface area contributed by atoms with Gasteiger partial charge in [0.1, 0.15) is 0 Å². The van der Waals surface area contributed by atoms with Crippen molar-refractivity contribution in [3.8, 4) is 11.5 Å². The van der Waals surface area contributed by atoms with E-state index in [9.17, 15) is 8.42 Å². The quantitative estimate of drug-likeness (QED) is 0.515. The van der Waals surface area contributed by atoms with Gasteiger partial charge in [-0.25, -0.2) is 8.42 Å². The predicted molar refractivity (Wildman–Crippen MR) is 119 cm³/mol. The zero-order chi connectivity index (χ0) is 21.4. The molecular formula is C22H29N3O4S. The highest BCUT2D eigenvalue weighted by molar-refractivity contribution is 7.91. The fourth-order valence-electron chi connectivity index (χ4n) is 3.10. The number of sulfone groups is 1. The maximum absolute atomic E-state index is 12.8. The number of fused-ring (bicyclic) bond motifs is 1. The van der Waals surface area contributed by atoms with Gasteiger partial charge in [-0.15, -0.1) is 0 Å². The lowest BCUT2D eigenvalue weighted by molar-refractivity contribution is 0.297. The number of nitrogens with zero attached hydrogens (tertiary/aromatic N) is 1. The Bertz CT molecular complexity index is 962. The first-order valence-electron chi connectivity index (χ1n) is 10.3. The first-order valence-corrected chi connectivity index (χ1v) is 11.9. The van der Waals surface area contributed by atoms with Crippen molar-refractivity contribution in [3.05, 3.63) is 48.5 Å². The molecule has 1 unspecified atom stereocenters. The molecule has 1 atom stereocenters. The average molecular weight is 432 g/mol. The topological polar surface area (TPSA) is 89.0 Å². The van der Waals surface area contributed by atoms with Gasteiger partial charge in [0.2, 0.25) is 0 Å². The van der Waals surface area contributed by atoms with Crippen LogP contribution in [0, 0.1) is 0 Å². The summed E-state index contributed by atoms with van der Waals surface area (Å²) in [7, 11) is -3.40. The van der Waals surface area contributed by atoms with E-state index in [1.165, 1.54) is 0 Å². The Labute approximate surface area is 178 Å². The third-order valence-corrected chi connectivity index (χ3v) is 6.51. The van der Waals surface area contributed by atoms with Crippen LogP contribution in [0.3, 0.4) is 0 Å². The first-order chi connectivity index (χ1) is 14.5. The van der Waals surface area contributed by atoms with Crippen LogP contribution in [-0.2, 0) is 9.84 Å². The highest BCUT2D eigenvalue weighted by atomic mass is 32.2. The molecule has 1 aliphatic rings. The van der Waals surface area contributed by atoms with Gasteiger partial charge in [0.05, 0.1) is 23.9 Å². The Balaban J connectivity index is 1.71. The van der Waals surface area contributed by atoms with Crippen molar-refractivity contribution in [2.24, 2.45) is 4.99 Å². The number of benzene rings is 2. The van der Waals surface area contributed by atoms with Gasteiger partial charge in [0.15, 0.2) is 27.3 Å². The van der Waals surface area contributed by atoms with Crippen molar-refractivity contribution in [1.82, 2.24) is 5.32 Å². The molecule has 30 heavy (non-hydrogen) atoms. The van der Waals surface area contributed by atoms with E-state index in [2.05, 4.69) is 15.6 Å². The molecule has 0 radical (unpaired) electrons. The molecule has 0 aromatic heterocycles. The summed E-state index contributed by atoms with van der Waals surface area (Å²) in [5.74, 6) is 1.92. The van der Waals surface area contributed by atoms with E-state index in [0.717, 1.165) is 17.9 Å². The fourth-order valence-corrected chi connectivity index (χ4v) is 4.71. The van der Waals surface area contributed by atoms with Gasteiger partial charge in [-0.1, -0.05) is 25.1 Å². The van der Waals surface area contributed by atoms with Crippen LogP contribution in [-0.4, -0.2) is 45.9 Å². The van der Waals surface area contributed by atoms with Gasteiger partial charge in [0, 0.05) is 30.8 Å². The lowest BCUT2D eigenvalue weighted by Crippen LogP contribution is -2.42. The second-order valence-corrected chi connectivity index (χ2v) is 9.04. The molecule has 0 spiro atoms. The van der Waals surface area contributed by atoms with Crippen LogP contribution < -0.4 is 20.1 Å². The van der Waals surface area contributed by atoms with Crippen LogP contribution in [0.2, 0.25) is 0 Å². The Hall–Kier alpha value is -2.74. The molecule has 8 heteroatoms. The molecule has 0 bridgehead atoms. The van der Waals surface area contributed by atoms with Gasteiger partial charge in [-0.3, -0.25) is 4.99 Å². The predicted octanol–water partition coefficient (Wildman–Crippen LogP) is 3.48. The number of ether oxygens (including phenoxy) is 2. The number of guanidine groups is 1. The van der Waals surface area contributed by atoms with E-state index >= 15 is 0 Å². The largest absolute Gasteiger partial charge is 0.490 e. The first kappa shape index (κ1) is 22.0. The van der Waals surface area contributed by atoms with E-state index in [1.807, 2.05) is 32.0 Å². The molecule has 0 saturated heterocycles. The van der Waals surface area contributed by atoms with E-state index in [1.54, 1.807) is 30.3 Å². The zero-order valence-corrected chi connectivity index (χ0v) is 18.2. The van der Waals surface area contributed by atoms with E-state index in [-0.39, 0.29) is 11.8 Å².